The Morgan fingerprint density at radius 3 is 1.97 bits per heavy atom. The molecule has 0 aliphatic carbocycles. The zero-order chi connectivity index (χ0) is 20.9. The summed E-state index contributed by atoms with van der Waals surface area (Å²) in [5.41, 5.74) is 2.30. The van der Waals surface area contributed by atoms with Crippen molar-refractivity contribution in [3.8, 4) is 11.1 Å². The first-order valence-electron chi connectivity index (χ1n) is 8.63. The lowest BCUT2D eigenvalue weighted by Gasteiger charge is -2.09. The molecule has 3 rings (SSSR count). The number of aromatic carboxylic acids is 1. The molecule has 0 saturated carbocycles. The molecule has 29 heavy (non-hydrogen) atoms. The van der Waals surface area contributed by atoms with Crippen LogP contribution < -0.4 is 10.0 Å². The molecule has 0 bridgehead atoms. The number of anilines is 1. The van der Waals surface area contributed by atoms with Crippen molar-refractivity contribution < 1.29 is 23.1 Å². The van der Waals surface area contributed by atoms with Crippen molar-refractivity contribution in [1.82, 2.24) is 4.72 Å². The van der Waals surface area contributed by atoms with E-state index in [1.54, 1.807) is 12.1 Å². The molecule has 0 atom stereocenters. The summed E-state index contributed by atoms with van der Waals surface area (Å²) in [5.74, 6) is -1.65. The van der Waals surface area contributed by atoms with Crippen LogP contribution in [0.1, 0.15) is 10.4 Å². The summed E-state index contributed by atoms with van der Waals surface area (Å²) in [6.45, 7) is -0.455. The van der Waals surface area contributed by atoms with Crippen LogP contribution in [0.15, 0.2) is 83.8 Å². The van der Waals surface area contributed by atoms with Crippen LogP contribution in [0.5, 0.6) is 0 Å². The summed E-state index contributed by atoms with van der Waals surface area (Å²) in [6, 6.07) is 21.5. The van der Waals surface area contributed by atoms with Crippen molar-refractivity contribution in [1.29, 1.82) is 0 Å². The van der Waals surface area contributed by atoms with E-state index < -0.39 is 28.4 Å². The number of carbonyl (C=O) groups is 2. The van der Waals surface area contributed by atoms with Crippen molar-refractivity contribution >= 4 is 27.6 Å². The summed E-state index contributed by atoms with van der Waals surface area (Å²) < 4.78 is 27.1. The van der Waals surface area contributed by atoms with Gasteiger partial charge in [-0.1, -0.05) is 42.5 Å². The lowest BCUT2D eigenvalue weighted by molar-refractivity contribution is -0.115. The molecule has 0 aliphatic heterocycles. The Morgan fingerprint density at radius 2 is 1.38 bits per heavy atom. The molecule has 0 heterocycles. The predicted molar refractivity (Wildman–Crippen MR) is 109 cm³/mol. The third-order valence-corrected chi connectivity index (χ3v) is 5.53. The van der Waals surface area contributed by atoms with Crippen LogP contribution >= 0.6 is 0 Å². The number of carbonyl (C=O) groups excluding carboxylic acids is 1. The number of hydrogen-bond donors (Lipinski definition) is 3. The molecule has 3 aromatic rings. The highest BCUT2D eigenvalue weighted by Crippen LogP contribution is 2.20. The van der Waals surface area contributed by atoms with E-state index in [1.807, 2.05) is 30.3 Å². The van der Waals surface area contributed by atoms with Gasteiger partial charge in [-0.2, -0.15) is 0 Å². The van der Waals surface area contributed by atoms with Crippen molar-refractivity contribution in [3.63, 3.8) is 0 Å². The van der Waals surface area contributed by atoms with E-state index in [9.17, 15) is 18.0 Å². The monoisotopic (exact) mass is 410 g/mol. The number of carboxylic acids is 1. The van der Waals surface area contributed by atoms with Crippen LogP contribution in [0.4, 0.5) is 5.69 Å². The molecular formula is C21H18N2O5S. The van der Waals surface area contributed by atoms with Crippen molar-refractivity contribution in [2.24, 2.45) is 0 Å². The standard InChI is InChI=1S/C21H18N2O5S/c24-20(23-18-10-6-17(7-11-18)21(25)26)14-22-29(27,28)19-12-8-16(9-13-19)15-4-2-1-3-5-15/h1-13,22H,14H2,(H,23,24)(H,25,26). The summed E-state index contributed by atoms with van der Waals surface area (Å²) in [6.07, 6.45) is 0. The first kappa shape index (κ1) is 20.2. The molecule has 3 aromatic carbocycles. The minimum Gasteiger partial charge on any atom is -0.478 e. The SMILES string of the molecule is O=C(CNS(=O)(=O)c1ccc(-c2ccccc2)cc1)Nc1ccc(C(=O)O)cc1. The fourth-order valence-electron chi connectivity index (χ4n) is 2.60. The zero-order valence-electron chi connectivity index (χ0n) is 15.2. The van der Waals surface area contributed by atoms with Crippen LogP contribution in [0, 0.1) is 0 Å². The molecule has 0 aliphatic rings. The van der Waals surface area contributed by atoms with Crippen LogP contribution in [0.25, 0.3) is 11.1 Å². The smallest absolute Gasteiger partial charge is 0.335 e. The molecule has 0 radical (unpaired) electrons. The molecule has 1 amide bonds. The van der Waals surface area contributed by atoms with Gasteiger partial charge in [0.25, 0.3) is 0 Å². The number of rotatable bonds is 7. The Balaban J connectivity index is 1.60. The van der Waals surface area contributed by atoms with E-state index in [4.69, 9.17) is 5.11 Å². The highest BCUT2D eigenvalue weighted by Gasteiger charge is 2.16. The summed E-state index contributed by atoms with van der Waals surface area (Å²) in [7, 11) is -3.85. The average molecular weight is 410 g/mol. The van der Waals surface area contributed by atoms with Gasteiger partial charge in [-0.15, -0.1) is 0 Å². The van der Waals surface area contributed by atoms with Gasteiger partial charge in [0.15, 0.2) is 0 Å². The quantitative estimate of drug-likeness (QED) is 0.554. The van der Waals surface area contributed by atoms with Crippen LogP contribution in [-0.2, 0) is 14.8 Å². The Kier molecular flexibility index (Phi) is 6.06. The van der Waals surface area contributed by atoms with Crippen molar-refractivity contribution in [2.75, 3.05) is 11.9 Å². The van der Waals surface area contributed by atoms with Crippen LogP contribution in [0.3, 0.4) is 0 Å². The Labute approximate surface area is 168 Å². The molecule has 0 aromatic heterocycles. The van der Waals surface area contributed by atoms with E-state index in [0.717, 1.165) is 11.1 Å². The maximum atomic E-state index is 12.4. The lowest BCUT2D eigenvalue weighted by Crippen LogP contribution is -2.32. The number of nitrogens with one attached hydrogen (secondary N) is 2. The highest BCUT2D eigenvalue weighted by atomic mass is 32.2. The molecule has 0 saturated heterocycles. The van der Waals surface area contributed by atoms with Crippen molar-refractivity contribution in [3.05, 3.63) is 84.4 Å². The zero-order valence-corrected chi connectivity index (χ0v) is 16.0. The number of hydrogen-bond acceptors (Lipinski definition) is 4. The second-order valence-corrected chi connectivity index (χ2v) is 7.91. The van der Waals surface area contributed by atoms with E-state index in [1.165, 1.54) is 36.4 Å². The van der Waals surface area contributed by atoms with Gasteiger partial charge in [0.05, 0.1) is 17.0 Å². The molecular weight excluding hydrogens is 392 g/mol. The number of amides is 1. The van der Waals surface area contributed by atoms with E-state index in [0.29, 0.717) is 5.69 Å². The molecule has 8 heteroatoms. The molecule has 3 N–H and O–H groups in total. The largest absolute Gasteiger partial charge is 0.478 e. The second kappa shape index (κ2) is 8.68. The van der Waals surface area contributed by atoms with E-state index >= 15 is 0 Å². The van der Waals surface area contributed by atoms with Gasteiger partial charge in [-0.25, -0.2) is 17.9 Å². The maximum Gasteiger partial charge on any atom is 0.335 e. The summed E-state index contributed by atoms with van der Waals surface area (Å²) in [5, 5.41) is 11.4. The van der Waals surface area contributed by atoms with Crippen LogP contribution in [-0.4, -0.2) is 31.9 Å². The Hall–Kier alpha value is -3.49. The topological polar surface area (TPSA) is 113 Å². The van der Waals surface area contributed by atoms with Crippen LogP contribution in [0.2, 0.25) is 0 Å². The maximum absolute atomic E-state index is 12.4. The molecule has 148 valence electrons. The third-order valence-electron chi connectivity index (χ3n) is 4.11. The van der Waals surface area contributed by atoms with E-state index in [-0.39, 0.29) is 10.5 Å². The molecule has 0 spiro atoms. The van der Waals surface area contributed by atoms with Gasteiger partial charge in [0.1, 0.15) is 0 Å². The van der Waals surface area contributed by atoms with Gasteiger partial charge in [0, 0.05) is 5.69 Å². The van der Waals surface area contributed by atoms with Gasteiger partial charge >= 0.3 is 5.97 Å². The van der Waals surface area contributed by atoms with Gasteiger partial charge < -0.3 is 10.4 Å². The first-order valence-corrected chi connectivity index (χ1v) is 10.1. The Morgan fingerprint density at radius 1 is 0.793 bits per heavy atom. The van der Waals surface area contributed by atoms with Gasteiger partial charge in [-0.3, -0.25) is 4.79 Å². The second-order valence-electron chi connectivity index (χ2n) is 6.15. The number of sulfonamides is 1. The number of carboxylic acid groups (broad SMARTS) is 1. The molecule has 0 fully saturated rings. The average Bonchev–Trinajstić information content (AvgIpc) is 2.73. The summed E-state index contributed by atoms with van der Waals surface area (Å²) in [4.78, 5) is 22.9. The Bertz CT molecular complexity index is 1110. The normalized spacial score (nSPS) is 11.0. The van der Waals surface area contributed by atoms with Gasteiger partial charge in [-0.05, 0) is 47.5 Å². The van der Waals surface area contributed by atoms with Gasteiger partial charge in [0.2, 0.25) is 15.9 Å². The first-order chi connectivity index (χ1) is 13.8. The highest BCUT2D eigenvalue weighted by molar-refractivity contribution is 7.89. The molecule has 7 nitrogen and oxygen atoms in total. The predicted octanol–water partition coefficient (Wildman–Crippen LogP) is 2.97. The fourth-order valence-corrected chi connectivity index (χ4v) is 3.58. The summed E-state index contributed by atoms with van der Waals surface area (Å²) >= 11 is 0. The third kappa shape index (κ3) is 5.28. The fraction of sp³-hybridized carbons (Fsp3) is 0.0476. The molecule has 0 unspecified atom stereocenters. The minimum absolute atomic E-state index is 0.0517. The van der Waals surface area contributed by atoms with E-state index in [2.05, 4.69) is 10.0 Å². The minimum atomic E-state index is -3.85. The van der Waals surface area contributed by atoms with Crippen molar-refractivity contribution in [2.45, 2.75) is 4.90 Å². The number of benzene rings is 3. The lowest BCUT2D eigenvalue weighted by atomic mass is 10.1.